The second kappa shape index (κ2) is 6.09. The van der Waals surface area contributed by atoms with Gasteiger partial charge in [0.2, 0.25) is 0 Å². The van der Waals surface area contributed by atoms with E-state index in [1.54, 1.807) is 11.3 Å². The molecule has 0 aromatic carbocycles. The van der Waals surface area contributed by atoms with E-state index in [1.807, 2.05) is 34.8 Å². The molecule has 0 unspecified atom stereocenters. The molecule has 2 fully saturated rings. The van der Waals surface area contributed by atoms with E-state index in [0.717, 1.165) is 39.1 Å². The van der Waals surface area contributed by atoms with Gasteiger partial charge in [-0.15, -0.1) is 11.3 Å². The first-order valence-electron chi connectivity index (χ1n) is 8.28. The fourth-order valence-corrected chi connectivity index (χ4v) is 4.70. The van der Waals surface area contributed by atoms with E-state index in [0.29, 0.717) is 5.69 Å². The Labute approximate surface area is 140 Å². The molecule has 4 rings (SSSR count). The number of piperidine rings is 1. The maximum absolute atomic E-state index is 12.5. The predicted molar refractivity (Wildman–Crippen MR) is 90.4 cm³/mol. The van der Waals surface area contributed by atoms with Crippen LogP contribution in [0.2, 0.25) is 0 Å². The second-order valence-corrected chi connectivity index (χ2v) is 7.78. The second-order valence-electron chi connectivity index (χ2n) is 6.80. The number of aromatic nitrogens is 2. The Morgan fingerprint density at radius 3 is 3.09 bits per heavy atom. The summed E-state index contributed by atoms with van der Waals surface area (Å²) in [6, 6.07) is 3.75. The van der Waals surface area contributed by atoms with Crippen LogP contribution in [0.15, 0.2) is 29.9 Å². The zero-order chi connectivity index (χ0) is 15.7. The SMILES string of the molecule is O=C(c1ccc[nH]1)N1CC[C@]2(CCCN(Cc3nccs3)C2)C1. The largest absolute Gasteiger partial charge is 0.357 e. The molecule has 6 heteroatoms. The lowest BCUT2D eigenvalue weighted by molar-refractivity contribution is 0.0671. The van der Waals surface area contributed by atoms with Crippen LogP contribution >= 0.6 is 11.3 Å². The lowest BCUT2D eigenvalue weighted by Gasteiger charge is -2.40. The highest BCUT2D eigenvalue weighted by atomic mass is 32.1. The third kappa shape index (κ3) is 3.05. The number of amides is 1. The zero-order valence-corrected chi connectivity index (χ0v) is 14.0. The number of nitrogens with zero attached hydrogens (tertiary/aromatic N) is 3. The van der Waals surface area contributed by atoms with Crippen molar-refractivity contribution in [2.75, 3.05) is 26.2 Å². The highest BCUT2D eigenvalue weighted by Crippen LogP contribution is 2.39. The topological polar surface area (TPSA) is 52.2 Å². The minimum Gasteiger partial charge on any atom is -0.357 e. The van der Waals surface area contributed by atoms with Gasteiger partial charge in [-0.25, -0.2) is 4.98 Å². The molecule has 1 spiro atoms. The molecule has 1 atom stereocenters. The minimum absolute atomic E-state index is 0.143. The number of hydrogen-bond donors (Lipinski definition) is 1. The van der Waals surface area contributed by atoms with Gasteiger partial charge < -0.3 is 9.88 Å². The van der Waals surface area contributed by atoms with Crippen molar-refractivity contribution in [3.05, 3.63) is 40.6 Å². The molecule has 0 aliphatic carbocycles. The van der Waals surface area contributed by atoms with E-state index in [-0.39, 0.29) is 11.3 Å². The van der Waals surface area contributed by atoms with Crippen molar-refractivity contribution in [2.24, 2.45) is 5.41 Å². The van der Waals surface area contributed by atoms with E-state index in [9.17, 15) is 4.79 Å². The van der Waals surface area contributed by atoms with Crippen molar-refractivity contribution in [2.45, 2.75) is 25.8 Å². The zero-order valence-electron chi connectivity index (χ0n) is 13.2. The predicted octanol–water partition coefficient (Wildman–Crippen LogP) is 2.60. The van der Waals surface area contributed by atoms with E-state index in [2.05, 4.69) is 14.9 Å². The fraction of sp³-hybridized carbons (Fsp3) is 0.529. The highest BCUT2D eigenvalue weighted by molar-refractivity contribution is 7.09. The summed E-state index contributed by atoms with van der Waals surface area (Å²) in [5, 5.41) is 3.24. The molecule has 23 heavy (non-hydrogen) atoms. The lowest BCUT2D eigenvalue weighted by Crippen LogP contribution is -2.45. The van der Waals surface area contributed by atoms with Crippen molar-refractivity contribution in [1.29, 1.82) is 0 Å². The van der Waals surface area contributed by atoms with E-state index in [4.69, 9.17) is 0 Å². The summed E-state index contributed by atoms with van der Waals surface area (Å²) in [4.78, 5) is 24.5. The van der Waals surface area contributed by atoms with Gasteiger partial charge in [-0.05, 0) is 37.9 Å². The van der Waals surface area contributed by atoms with Gasteiger partial charge in [0, 0.05) is 42.8 Å². The van der Waals surface area contributed by atoms with E-state index < -0.39 is 0 Å². The molecule has 0 saturated carbocycles. The van der Waals surface area contributed by atoms with Crippen molar-refractivity contribution in [1.82, 2.24) is 19.8 Å². The molecule has 2 aliphatic heterocycles. The van der Waals surface area contributed by atoms with Crippen molar-refractivity contribution >= 4 is 17.2 Å². The molecule has 1 amide bonds. The van der Waals surface area contributed by atoms with Crippen LogP contribution in [0.1, 0.15) is 34.8 Å². The summed E-state index contributed by atoms with van der Waals surface area (Å²) in [5.41, 5.74) is 0.982. The van der Waals surface area contributed by atoms with Crippen LogP contribution in [0.25, 0.3) is 0 Å². The number of H-pyrrole nitrogens is 1. The van der Waals surface area contributed by atoms with Crippen LogP contribution in [0.4, 0.5) is 0 Å². The van der Waals surface area contributed by atoms with Gasteiger partial charge >= 0.3 is 0 Å². The Morgan fingerprint density at radius 1 is 1.35 bits per heavy atom. The van der Waals surface area contributed by atoms with E-state index >= 15 is 0 Å². The summed E-state index contributed by atoms with van der Waals surface area (Å²) in [5.74, 6) is 0.143. The van der Waals surface area contributed by atoms with Crippen molar-refractivity contribution in [3.8, 4) is 0 Å². The molecule has 122 valence electrons. The van der Waals surface area contributed by atoms with Gasteiger partial charge in [0.15, 0.2) is 0 Å². The van der Waals surface area contributed by atoms with Crippen LogP contribution < -0.4 is 0 Å². The molecular formula is C17H22N4OS. The van der Waals surface area contributed by atoms with Crippen LogP contribution in [-0.4, -0.2) is 51.9 Å². The maximum atomic E-state index is 12.5. The van der Waals surface area contributed by atoms with Crippen molar-refractivity contribution < 1.29 is 4.79 Å². The highest BCUT2D eigenvalue weighted by Gasteiger charge is 2.43. The molecule has 5 nitrogen and oxygen atoms in total. The smallest absolute Gasteiger partial charge is 0.270 e. The molecule has 1 N–H and O–H groups in total. The molecule has 4 heterocycles. The molecule has 2 aromatic heterocycles. The van der Waals surface area contributed by atoms with Gasteiger partial charge in [-0.1, -0.05) is 0 Å². The molecule has 0 bridgehead atoms. The Hall–Kier alpha value is -1.66. The maximum Gasteiger partial charge on any atom is 0.270 e. The summed E-state index contributed by atoms with van der Waals surface area (Å²) < 4.78 is 0. The first-order valence-corrected chi connectivity index (χ1v) is 9.16. The fourth-order valence-electron chi connectivity index (χ4n) is 4.04. The third-order valence-electron chi connectivity index (χ3n) is 5.14. The van der Waals surface area contributed by atoms with Gasteiger partial charge in [0.05, 0.1) is 6.54 Å². The quantitative estimate of drug-likeness (QED) is 0.941. The number of carbonyl (C=O) groups is 1. The molecule has 0 radical (unpaired) electrons. The summed E-state index contributed by atoms with van der Waals surface area (Å²) in [6.45, 7) is 4.94. The number of carbonyl (C=O) groups excluding carboxylic acids is 1. The van der Waals surface area contributed by atoms with Crippen molar-refractivity contribution in [3.63, 3.8) is 0 Å². The third-order valence-corrected chi connectivity index (χ3v) is 5.90. The van der Waals surface area contributed by atoms with Gasteiger partial charge in [0.25, 0.3) is 5.91 Å². The van der Waals surface area contributed by atoms with Crippen LogP contribution in [0.3, 0.4) is 0 Å². The molecule has 2 saturated heterocycles. The number of hydrogen-bond acceptors (Lipinski definition) is 4. The normalized spacial score (nSPS) is 25.3. The standard InChI is InChI=1S/C17H22N4OS/c22-16(14-3-1-6-18-14)21-9-5-17(13-21)4-2-8-20(12-17)11-15-19-7-10-23-15/h1,3,6-7,10,18H,2,4-5,8-9,11-13H2/t17-/m0/s1. The average molecular weight is 330 g/mol. The Morgan fingerprint density at radius 2 is 2.30 bits per heavy atom. The average Bonchev–Trinajstić information content (AvgIpc) is 3.28. The summed E-state index contributed by atoms with van der Waals surface area (Å²) in [6.07, 6.45) is 7.26. The molecular weight excluding hydrogens is 308 g/mol. The molecule has 2 aliphatic rings. The van der Waals surface area contributed by atoms with E-state index in [1.165, 1.54) is 17.8 Å². The van der Waals surface area contributed by atoms with Gasteiger partial charge in [0.1, 0.15) is 10.7 Å². The van der Waals surface area contributed by atoms with Crippen LogP contribution in [-0.2, 0) is 6.54 Å². The van der Waals surface area contributed by atoms with Crippen LogP contribution in [0.5, 0.6) is 0 Å². The Balaban J connectivity index is 1.41. The number of aromatic amines is 1. The van der Waals surface area contributed by atoms with Gasteiger partial charge in [-0.2, -0.15) is 0 Å². The first-order chi connectivity index (χ1) is 11.2. The minimum atomic E-state index is 0.143. The number of thiazole rings is 1. The lowest BCUT2D eigenvalue weighted by atomic mass is 9.79. The summed E-state index contributed by atoms with van der Waals surface area (Å²) in [7, 11) is 0. The molecule has 2 aromatic rings. The monoisotopic (exact) mass is 330 g/mol. The Kier molecular flexibility index (Phi) is 3.95. The number of nitrogens with one attached hydrogen (secondary N) is 1. The number of rotatable bonds is 3. The summed E-state index contributed by atoms with van der Waals surface area (Å²) >= 11 is 1.73. The first kappa shape index (κ1) is 14.9. The van der Waals surface area contributed by atoms with Crippen LogP contribution in [0, 0.1) is 5.41 Å². The Bertz CT molecular complexity index is 654. The number of likely N-dealkylation sites (tertiary alicyclic amines) is 2. The van der Waals surface area contributed by atoms with Gasteiger partial charge in [-0.3, -0.25) is 9.69 Å².